The number of hydrogen-bond acceptors (Lipinski definition) is 3. The van der Waals surface area contributed by atoms with E-state index in [9.17, 15) is 9.59 Å². The van der Waals surface area contributed by atoms with Gasteiger partial charge in [0.1, 0.15) is 0 Å². The molecule has 0 saturated carbocycles. The molecule has 0 aliphatic rings. The van der Waals surface area contributed by atoms with Crippen LogP contribution in [-0.4, -0.2) is 36.9 Å². The van der Waals surface area contributed by atoms with E-state index in [0.29, 0.717) is 0 Å². The van der Waals surface area contributed by atoms with Crippen molar-refractivity contribution in [3.8, 4) is 0 Å². The maximum Gasteiger partial charge on any atom is 0.238 e. The Morgan fingerprint density at radius 1 is 0.923 bits per heavy atom. The maximum atomic E-state index is 12.2. The van der Waals surface area contributed by atoms with E-state index in [0.717, 1.165) is 34.5 Å². The molecule has 0 atom stereocenters. The van der Waals surface area contributed by atoms with Gasteiger partial charge in [-0.3, -0.25) is 14.5 Å². The lowest BCUT2D eigenvalue weighted by Crippen LogP contribution is -2.36. The summed E-state index contributed by atoms with van der Waals surface area (Å²) in [5.41, 5.74) is 4.90. The maximum absolute atomic E-state index is 12.2. The summed E-state index contributed by atoms with van der Waals surface area (Å²) >= 11 is 0. The zero-order valence-electron chi connectivity index (χ0n) is 15.9. The van der Waals surface area contributed by atoms with Gasteiger partial charge in [-0.2, -0.15) is 0 Å². The Bertz CT molecular complexity index is 766. The standard InChI is InChI=1S/C21H27N3O2/c1-5-17-8-6-7-9-19(17)23-21(26)14-24(4)13-20(25)22-18-11-15(2)10-16(3)12-18/h6-12H,5,13-14H2,1-4H3,(H,22,25)(H,23,26). The SMILES string of the molecule is CCc1ccccc1NC(=O)CN(C)CC(=O)Nc1cc(C)cc(C)c1. The molecule has 0 aromatic heterocycles. The van der Waals surface area contributed by atoms with Crippen molar-refractivity contribution in [2.45, 2.75) is 27.2 Å². The molecule has 2 aromatic rings. The van der Waals surface area contributed by atoms with Crippen LogP contribution in [0.3, 0.4) is 0 Å². The molecule has 5 heteroatoms. The van der Waals surface area contributed by atoms with Crippen molar-refractivity contribution in [2.75, 3.05) is 30.8 Å². The highest BCUT2D eigenvalue weighted by Gasteiger charge is 2.12. The van der Waals surface area contributed by atoms with Crippen molar-refractivity contribution in [1.82, 2.24) is 4.90 Å². The second kappa shape index (κ2) is 9.15. The summed E-state index contributed by atoms with van der Waals surface area (Å²) in [5, 5.41) is 5.80. The summed E-state index contributed by atoms with van der Waals surface area (Å²) < 4.78 is 0. The van der Waals surface area contributed by atoms with Gasteiger partial charge >= 0.3 is 0 Å². The van der Waals surface area contributed by atoms with Crippen molar-refractivity contribution >= 4 is 23.2 Å². The smallest absolute Gasteiger partial charge is 0.238 e. The van der Waals surface area contributed by atoms with E-state index in [1.165, 1.54) is 0 Å². The molecule has 138 valence electrons. The van der Waals surface area contributed by atoms with Gasteiger partial charge in [-0.1, -0.05) is 31.2 Å². The van der Waals surface area contributed by atoms with Crippen molar-refractivity contribution in [3.63, 3.8) is 0 Å². The topological polar surface area (TPSA) is 61.4 Å². The van der Waals surface area contributed by atoms with E-state index in [4.69, 9.17) is 0 Å². The van der Waals surface area contributed by atoms with Crippen LogP contribution in [0.4, 0.5) is 11.4 Å². The molecule has 0 unspecified atom stereocenters. The predicted octanol–water partition coefficient (Wildman–Crippen LogP) is 3.37. The minimum Gasteiger partial charge on any atom is -0.325 e. The molecule has 0 aliphatic heterocycles. The van der Waals surface area contributed by atoms with Crippen molar-refractivity contribution in [3.05, 3.63) is 59.2 Å². The number of nitrogens with one attached hydrogen (secondary N) is 2. The molecule has 2 amide bonds. The van der Waals surface area contributed by atoms with Crippen LogP contribution in [0.5, 0.6) is 0 Å². The van der Waals surface area contributed by atoms with Gasteiger partial charge in [-0.05, 0) is 62.2 Å². The average molecular weight is 353 g/mol. The zero-order chi connectivity index (χ0) is 19.1. The summed E-state index contributed by atoms with van der Waals surface area (Å²) in [6.45, 7) is 6.34. The minimum atomic E-state index is -0.140. The van der Waals surface area contributed by atoms with Crippen LogP contribution in [-0.2, 0) is 16.0 Å². The number of benzene rings is 2. The van der Waals surface area contributed by atoms with Gasteiger partial charge in [0, 0.05) is 11.4 Å². The lowest BCUT2D eigenvalue weighted by Gasteiger charge is -2.17. The van der Waals surface area contributed by atoms with Crippen LogP contribution in [0, 0.1) is 13.8 Å². The van der Waals surface area contributed by atoms with Gasteiger partial charge in [0.05, 0.1) is 13.1 Å². The molecule has 0 heterocycles. The highest BCUT2D eigenvalue weighted by Crippen LogP contribution is 2.15. The second-order valence-corrected chi connectivity index (χ2v) is 6.66. The highest BCUT2D eigenvalue weighted by atomic mass is 16.2. The molecule has 0 spiro atoms. The van der Waals surface area contributed by atoms with Crippen LogP contribution in [0.15, 0.2) is 42.5 Å². The largest absolute Gasteiger partial charge is 0.325 e. The lowest BCUT2D eigenvalue weighted by molar-refractivity contribution is -0.119. The zero-order valence-corrected chi connectivity index (χ0v) is 15.9. The third kappa shape index (κ3) is 6.01. The number of amides is 2. The number of hydrogen-bond donors (Lipinski definition) is 2. The van der Waals surface area contributed by atoms with Gasteiger partial charge < -0.3 is 10.6 Å². The Labute approximate surface area is 155 Å². The van der Waals surface area contributed by atoms with Crippen LogP contribution in [0.2, 0.25) is 0 Å². The number of likely N-dealkylation sites (N-methyl/N-ethyl adjacent to an activating group) is 1. The number of anilines is 2. The quantitative estimate of drug-likeness (QED) is 0.802. The summed E-state index contributed by atoms with van der Waals surface area (Å²) in [6.07, 6.45) is 0.852. The van der Waals surface area contributed by atoms with E-state index < -0.39 is 0 Å². The van der Waals surface area contributed by atoms with Gasteiger partial charge in [-0.15, -0.1) is 0 Å². The molecule has 5 nitrogen and oxygen atoms in total. The van der Waals surface area contributed by atoms with Crippen LogP contribution >= 0.6 is 0 Å². The number of aryl methyl sites for hydroxylation is 3. The monoisotopic (exact) mass is 353 g/mol. The fourth-order valence-electron chi connectivity index (χ4n) is 2.93. The van der Waals surface area contributed by atoms with Crippen molar-refractivity contribution in [1.29, 1.82) is 0 Å². The first-order valence-electron chi connectivity index (χ1n) is 8.82. The summed E-state index contributed by atoms with van der Waals surface area (Å²) in [4.78, 5) is 26.1. The van der Waals surface area contributed by atoms with Gasteiger partial charge in [-0.25, -0.2) is 0 Å². The average Bonchev–Trinajstić information content (AvgIpc) is 2.53. The lowest BCUT2D eigenvalue weighted by atomic mass is 10.1. The van der Waals surface area contributed by atoms with Crippen LogP contribution in [0.1, 0.15) is 23.6 Å². The number of carbonyl (C=O) groups is 2. The molecular weight excluding hydrogens is 326 g/mol. The Hall–Kier alpha value is -2.66. The molecule has 0 bridgehead atoms. The fraction of sp³-hybridized carbons (Fsp3) is 0.333. The van der Waals surface area contributed by atoms with Gasteiger partial charge in [0.2, 0.25) is 11.8 Å². The summed E-state index contributed by atoms with van der Waals surface area (Å²) in [5.74, 6) is -0.271. The number of rotatable bonds is 7. The third-order valence-corrected chi connectivity index (χ3v) is 4.00. The Morgan fingerprint density at radius 3 is 2.12 bits per heavy atom. The third-order valence-electron chi connectivity index (χ3n) is 4.00. The Kier molecular flexibility index (Phi) is 6.92. The van der Waals surface area contributed by atoms with Crippen LogP contribution < -0.4 is 10.6 Å². The molecule has 26 heavy (non-hydrogen) atoms. The first-order chi connectivity index (χ1) is 12.4. The Balaban J connectivity index is 1.86. The summed E-state index contributed by atoms with van der Waals surface area (Å²) in [7, 11) is 1.76. The van der Waals surface area contributed by atoms with E-state index >= 15 is 0 Å². The number of carbonyl (C=O) groups excluding carboxylic acids is 2. The normalized spacial score (nSPS) is 10.7. The van der Waals surface area contributed by atoms with Crippen molar-refractivity contribution < 1.29 is 9.59 Å². The number of nitrogens with zero attached hydrogens (tertiary/aromatic N) is 1. The Morgan fingerprint density at radius 2 is 1.50 bits per heavy atom. The van der Waals surface area contributed by atoms with Crippen molar-refractivity contribution in [2.24, 2.45) is 0 Å². The van der Waals surface area contributed by atoms with E-state index in [2.05, 4.69) is 23.6 Å². The highest BCUT2D eigenvalue weighted by molar-refractivity contribution is 5.95. The van der Waals surface area contributed by atoms with Gasteiger partial charge in [0.25, 0.3) is 0 Å². The molecule has 2 N–H and O–H groups in total. The van der Waals surface area contributed by atoms with E-state index in [-0.39, 0.29) is 24.9 Å². The minimum absolute atomic E-state index is 0.132. The molecular formula is C21H27N3O2. The second-order valence-electron chi connectivity index (χ2n) is 6.66. The van der Waals surface area contributed by atoms with Gasteiger partial charge in [0.15, 0.2) is 0 Å². The predicted molar refractivity (Wildman–Crippen MR) is 106 cm³/mol. The summed E-state index contributed by atoms with van der Waals surface area (Å²) in [6, 6.07) is 13.7. The first-order valence-corrected chi connectivity index (χ1v) is 8.82. The molecule has 2 aromatic carbocycles. The van der Waals surface area contributed by atoms with E-state index in [1.54, 1.807) is 11.9 Å². The molecule has 2 rings (SSSR count). The molecule has 0 radical (unpaired) electrons. The van der Waals surface area contributed by atoms with E-state index in [1.807, 2.05) is 50.2 Å². The first kappa shape index (κ1) is 19.7. The molecule has 0 aliphatic carbocycles. The molecule has 0 fully saturated rings. The van der Waals surface area contributed by atoms with Crippen LogP contribution in [0.25, 0.3) is 0 Å². The molecule has 0 saturated heterocycles. The fourth-order valence-corrected chi connectivity index (χ4v) is 2.93. The number of para-hydroxylation sites is 1.